The molecule has 0 atom stereocenters. The number of aromatic nitrogens is 2. The van der Waals surface area contributed by atoms with Crippen LogP contribution >= 0.6 is 23.2 Å². The molecule has 5 nitrogen and oxygen atoms in total. The summed E-state index contributed by atoms with van der Waals surface area (Å²) >= 11 is 11.4. The lowest BCUT2D eigenvalue weighted by Gasteiger charge is -2.25. The van der Waals surface area contributed by atoms with Crippen LogP contribution in [0, 0.1) is 0 Å². The smallest absolute Gasteiger partial charge is 0.217 e. The third kappa shape index (κ3) is 7.83. The summed E-state index contributed by atoms with van der Waals surface area (Å²) in [6.45, 7) is 12.6. The van der Waals surface area contributed by atoms with Gasteiger partial charge in [-0.25, -0.2) is 9.97 Å². The Morgan fingerprint density at radius 3 is 1.70 bits per heavy atom. The van der Waals surface area contributed by atoms with Gasteiger partial charge in [0.25, 0.3) is 0 Å². The number of hydrogen-bond acceptors (Lipinski definition) is 4. The molecule has 0 spiro atoms. The Labute approximate surface area is 171 Å². The molecule has 27 heavy (non-hydrogen) atoms. The number of hydrogen-bond donors (Lipinski definition) is 2. The van der Waals surface area contributed by atoms with Crippen LogP contribution in [0.3, 0.4) is 0 Å². The van der Waals surface area contributed by atoms with E-state index in [9.17, 15) is 4.79 Å². The molecule has 2 heterocycles. The number of nitrogens with one attached hydrogen (secondary N) is 2. The van der Waals surface area contributed by atoms with Gasteiger partial charge < -0.3 is 10.6 Å². The minimum atomic E-state index is -0.413. The van der Waals surface area contributed by atoms with E-state index in [1.165, 1.54) is 6.92 Å². The molecular formula is C20H28Cl2N4O. The molecule has 7 heteroatoms. The first-order valence-corrected chi connectivity index (χ1v) is 9.51. The Hall–Kier alpha value is -1.69. The Balaban J connectivity index is 0.000000271. The molecule has 0 aromatic carbocycles. The SMILES string of the molecule is CC(=O)NC(C)(C)c1ccc(Cl)nc1.CCNC(C)(C)c1ccc(Cl)nc1. The summed E-state index contributed by atoms with van der Waals surface area (Å²) in [6.07, 6.45) is 3.48. The minimum Gasteiger partial charge on any atom is -0.347 e. The van der Waals surface area contributed by atoms with Crippen molar-refractivity contribution in [2.24, 2.45) is 0 Å². The number of rotatable bonds is 5. The second kappa shape index (κ2) is 10.0. The van der Waals surface area contributed by atoms with E-state index in [-0.39, 0.29) is 11.4 Å². The molecule has 0 aliphatic carbocycles. The van der Waals surface area contributed by atoms with E-state index in [1.54, 1.807) is 12.3 Å². The Kier molecular flexibility index (Phi) is 8.66. The van der Waals surface area contributed by atoms with Gasteiger partial charge in [-0.2, -0.15) is 0 Å². The lowest BCUT2D eigenvalue weighted by Crippen LogP contribution is -2.39. The van der Waals surface area contributed by atoms with E-state index >= 15 is 0 Å². The van der Waals surface area contributed by atoms with Gasteiger partial charge in [0.1, 0.15) is 10.3 Å². The maximum Gasteiger partial charge on any atom is 0.217 e. The van der Waals surface area contributed by atoms with E-state index < -0.39 is 5.54 Å². The molecule has 0 bridgehead atoms. The molecule has 0 fully saturated rings. The number of nitrogens with zero attached hydrogens (tertiary/aromatic N) is 2. The van der Waals surface area contributed by atoms with Crippen molar-refractivity contribution in [3.8, 4) is 0 Å². The van der Waals surface area contributed by atoms with Crippen LogP contribution in [-0.2, 0) is 15.9 Å². The van der Waals surface area contributed by atoms with E-state index in [2.05, 4.69) is 41.4 Å². The maximum atomic E-state index is 10.9. The predicted molar refractivity (Wildman–Crippen MR) is 112 cm³/mol. The monoisotopic (exact) mass is 410 g/mol. The average molecular weight is 411 g/mol. The van der Waals surface area contributed by atoms with Gasteiger partial charge in [-0.3, -0.25) is 4.79 Å². The van der Waals surface area contributed by atoms with Crippen LogP contribution in [0.25, 0.3) is 0 Å². The summed E-state index contributed by atoms with van der Waals surface area (Å²) < 4.78 is 0. The third-order valence-corrected chi connectivity index (χ3v) is 4.45. The lowest BCUT2D eigenvalue weighted by atomic mass is 9.96. The molecule has 0 unspecified atom stereocenters. The van der Waals surface area contributed by atoms with Crippen molar-refractivity contribution >= 4 is 29.1 Å². The molecule has 0 aliphatic rings. The van der Waals surface area contributed by atoms with Crippen molar-refractivity contribution in [2.45, 2.75) is 52.6 Å². The Bertz CT molecular complexity index is 729. The van der Waals surface area contributed by atoms with Gasteiger partial charge in [-0.1, -0.05) is 42.3 Å². The Morgan fingerprint density at radius 1 is 0.926 bits per heavy atom. The molecule has 2 rings (SSSR count). The highest BCUT2D eigenvalue weighted by Crippen LogP contribution is 2.20. The molecular weight excluding hydrogens is 383 g/mol. The molecule has 0 radical (unpaired) electrons. The highest BCUT2D eigenvalue weighted by molar-refractivity contribution is 6.29. The lowest BCUT2D eigenvalue weighted by molar-refractivity contribution is -0.120. The van der Waals surface area contributed by atoms with Gasteiger partial charge in [-0.05, 0) is 57.5 Å². The maximum absolute atomic E-state index is 10.9. The number of carbonyl (C=O) groups excluding carboxylic acids is 1. The molecule has 2 aromatic heterocycles. The minimum absolute atomic E-state index is 0.0354. The topological polar surface area (TPSA) is 66.9 Å². The molecule has 2 aromatic rings. The third-order valence-electron chi connectivity index (χ3n) is 4.01. The normalized spacial score (nSPS) is 11.4. The number of amides is 1. The number of carbonyl (C=O) groups is 1. The summed E-state index contributed by atoms with van der Waals surface area (Å²) in [5.74, 6) is -0.0649. The van der Waals surface area contributed by atoms with Crippen molar-refractivity contribution in [2.75, 3.05) is 6.54 Å². The van der Waals surface area contributed by atoms with Crippen LogP contribution in [0.15, 0.2) is 36.7 Å². The molecule has 0 aliphatic heterocycles. The summed E-state index contributed by atoms with van der Waals surface area (Å²) in [7, 11) is 0. The average Bonchev–Trinajstić information content (AvgIpc) is 2.55. The van der Waals surface area contributed by atoms with Gasteiger partial charge in [0.2, 0.25) is 5.91 Å². The van der Waals surface area contributed by atoms with Crippen LogP contribution in [-0.4, -0.2) is 22.4 Å². The van der Waals surface area contributed by atoms with Crippen molar-refractivity contribution < 1.29 is 4.79 Å². The second-order valence-electron chi connectivity index (χ2n) is 7.20. The van der Waals surface area contributed by atoms with Gasteiger partial charge in [0.15, 0.2) is 0 Å². The number of pyridine rings is 2. The zero-order valence-electron chi connectivity index (χ0n) is 16.7. The van der Waals surface area contributed by atoms with Gasteiger partial charge >= 0.3 is 0 Å². The van der Waals surface area contributed by atoms with Crippen LogP contribution in [0.1, 0.15) is 52.7 Å². The zero-order valence-corrected chi connectivity index (χ0v) is 18.2. The zero-order chi connectivity index (χ0) is 20.7. The van der Waals surface area contributed by atoms with Gasteiger partial charge in [0.05, 0.1) is 5.54 Å². The molecule has 148 valence electrons. The molecule has 2 N–H and O–H groups in total. The Morgan fingerprint density at radius 2 is 1.37 bits per heavy atom. The second-order valence-corrected chi connectivity index (χ2v) is 7.98. The summed E-state index contributed by atoms with van der Waals surface area (Å²) in [5, 5.41) is 7.20. The first-order valence-electron chi connectivity index (χ1n) is 8.76. The first-order chi connectivity index (χ1) is 12.5. The van der Waals surface area contributed by atoms with E-state index in [1.807, 2.05) is 38.2 Å². The van der Waals surface area contributed by atoms with E-state index in [0.29, 0.717) is 10.3 Å². The van der Waals surface area contributed by atoms with E-state index in [0.717, 1.165) is 17.7 Å². The fourth-order valence-corrected chi connectivity index (χ4v) is 2.77. The molecule has 0 saturated heterocycles. The van der Waals surface area contributed by atoms with Crippen LogP contribution in [0.4, 0.5) is 0 Å². The molecule has 0 saturated carbocycles. The van der Waals surface area contributed by atoms with Crippen molar-refractivity contribution in [3.63, 3.8) is 0 Å². The fraction of sp³-hybridized carbons (Fsp3) is 0.450. The first kappa shape index (κ1) is 23.3. The van der Waals surface area contributed by atoms with Crippen molar-refractivity contribution in [3.05, 3.63) is 58.1 Å². The van der Waals surface area contributed by atoms with Gasteiger partial charge in [-0.15, -0.1) is 0 Å². The summed E-state index contributed by atoms with van der Waals surface area (Å²) in [4.78, 5) is 19.0. The van der Waals surface area contributed by atoms with Crippen molar-refractivity contribution in [1.82, 2.24) is 20.6 Å². The summed E-state index contributed by atoms with van der Waals surface area (Å²) in [5.41, 5.74) is 1.63. The summed E-state index contributed by atoms with van der Waals surface area (Å²) in [6, 6.07) is 7.37. The fourth-order valence-electron chi connectivity index (χ4n) is 2.55. The number of halogens is 2. The largest absolute Gasteiger partial charge is 0.347 e. The molecule has 1 amide bonds. The van der Waals surface area contributed by atoms with Gasteiger partial charge in [0, 0.05) is 24.9 Å². The van der Waals surface area contributed by atoms with Crippen LogP contribution < -0.4 is 10.6 Å². The highest BCUT2D eigenvalue weighted by atomic mass is 35.5. The van der Waals surface area contributed by atoms with Crippen molar-refractivity contribution in [1.29, 1.82) is 0 Å². The standard InChI is InChI=1S/C10H13ClN2O.C10H15ClN2/c1-7(14)13-10(2,3)8-4-5-9(11)12-6-8;1-4-13-10(2,3)8-5-6-9(11)12-7-8/h4-6H,1-3H3,(H,13,14);5-7,13H,4H2,1-3H3. The van der Waals surface area contributed by atoms with Crippen LogP contribution in [0.5, 0.6) is 0 Å². The predicted octanol–water partition coefficient (Wildman–Crippen LogP) is 4.69. The highest BCUT2D eigenvalue weighted by Gasteiger charge is 2.21. The quantitative estimate of drug-likeness (QED) is 0.701. The van der Waals surface area contributed by atoms with E-state index in [4.69, 9.17) is 23.2 Å². The van der Waals surface area contributed by atoms with Crippen LogP contribution in [0.2, 0.25) is 10.3 Å².